The second kappa shape index (κ2) is 7.06. The van der Waals surface area contributed by atoms with E-state index in [4.69, 9.17) is 5.11 Å². The van der Waals surface area contributed by atoms with Gasteiger partial charge in [-0.25, -0.2) is 9.18 Å². The van der Waals surface area contributed by atoms with Crippen LogP contribution in [0.1, 0.15) is 24.8 Å². The molecule has 2 rings (SSSR count). The van der Waals surface area contributed by atoms with Crippen LogP contribution in [-0.2, 0) is 11.2 Å². The summed E-state index contributed by atoms with van der Waals surface area (Å²) >= 11 is 0. The number of benzene rings is 1. The maximum atomic E-state index is 13.4. The second-order valence-corrected chi connectivity index (χ2v) is 5.29. The number of hydrogen-bond acceptors (Lipinski definition) is 2. The van der Waals surface area contributed by atoms with Crippen LogP contribution in [-0.4, -0.2) is 29.7 Å². The minimum atomic E-state index is -0.806. The highest BCUT2D eigenvalue weighted by Crippen LogP contribution is 2.25. The van der Waals surface area contributed by atoms with Crippen molar-refractivity contribution >= 4 is 12.0 Å². The van der Waals surface area contributed by atoms with Crippen molar-refractivity contribution in [1.82, 2.24) is 10.6 Å². The first kappa shape index (κ1) is 15.3. The molecule has 2 amide bonds. The predicted octanol–water partition coefficient (Wildman–Crippen LogP) is 1.92. The molecule has 5 nitrogen and oxygen atoms in total. The van der Waals surface area contributed by atoms with Crippen molar-refractivity contribution in [1.29, 1.82) is 0 Å². The minimum absolute atomic E-state index is 0.0976. The average Bonchev–Trinajstić information content (AvgIpc) is 2.89. The summed E-state index contributed by atoms with van der Waals surface area (Å²) in [5.74, 6) is -1.45. The minimum Gasteiger partial charge on any atom is -0.481 e. The summed E-state index contributed by atoms with van der Waals surface area (Å²) in [4.78, 5) is 22.5. The molecule has 0 spiro atoms. The van der Waals surface area contributed by atoms with Gasteiger partial charge in [-0.1, -0.05) is 18.2 Å². The summed E-state index contributed by atoms with van der Waals surface area (Å²) in [6.45, 7) is 0.335. The zero-order valence-corrected chi connectivity index (χ0v) is 11.6. The highest BCUT2D eigenvalue weighted by molar-refractivity contribution is 5.75. The summed E-state index contributed by atoms with van der Waals surface area (Å²) in [5, 5.41) is 14.3. The van der Waals surface area contributed by atoms with E-state index in [1.54, 1.807) is 18.2 Å². The van der Waals surface area contributed by atoms with E-state index in [9.17, 15) is 14.0 Å². The molecule has 1 saturated carbocycles. The number of aliphatic carboxylic acids is 1. The van der Waals surface area contributed by atoms with E-state index in [0.29, 0.717) is 37.8 Å². The molecular formula is C15H19FN2O3. The van der Waals surface area contributed by atoms with Gasteiger partial charge >= 0.3 is 12.0 Å². The fraction of sp³-hybridized carbons (Fsp3) is 0.467. The van der Waals surface area contributed by atoms with Gasteiger partial charge in [0.05, 0.1) is 5.92 Å². The topological polar surface area (TPSA) is 78.4 Å². The highest BCUT2D eigenvalue weighted by Gasteiger charge is 2.30. The van der Waals surface area contributed by atoms with Crippen LogP contribution in [0.15, 0.2) is 24.3 Å². The third kappa shape index (κ3) is 4.44. The average molecular weight is 294 g/mol. The molecule has 21 heavy (non-hydrogen) atoms. The van der Waals surface area contributed by atoms with Crippen LogP contribution in [0.2, 0.25) is 0 Å². The highest BCUT2D eigenvalue weighted by atomic mass is 19.1. The number of urea groups is 1. The maximum Gasteiger partial charge on any atom is 0.315 e. The molecule has 0 saturated heterocycles. The fourth-order valence-electron chi connectivity index (χ4n) is 2.59. The monoisotopic (exact) mass is 294 g/mol. The van der Waals surface area contributed by atoms with Crippen molar-refractivity contribution in [3.63, 3.8) is 0 Å². The first-order valence-corrected chi connectivity index (χ1v) is 7.07. The molecule has 0 heterocycles. The van der Waals surface area contributed by atoms with E-state index in [1.165, 1.54) is 6.07 Å². The van der Waals surface area contributed by atoms with E-state index in [2.05, 4.69) is 10.6 Å². The van der Waals surface area contributed by atoms with Gasteiger partial charge in [-0.3, -0.25) is 4.79 Å². The normalized spacial score (nSPS) is 21.0. The summed E-state index contributed by atoms with van der Waals surface area (Å²) in [7, 11) is 0. The Balaban J connectivity index is 1.69. The summed E-state index contributed by atoms with van der Waals surface area (Å²) in [6.07, 6.45) is 2.16. The van der Waals surface area contributed by atoms with Gasteiger partial charge in [0.25, 0.3) is 0 Å². The van der Waals surface area contributed by atoms with E-state index in [0.717, 1.165) is 0 Å². The molecule has 2 atom stereocenters. The number of carboxylic acid groups (broad SMARTS) is 1. The number of carbonyl (C=O) groups is 2. The molecule has 0 bridgehead atoms. The SMILES string of the molecule is O=C(NCCc1ccccc1F)N[C@H]1CC[C@@H](C(=O)O)C1. The van der Waals surface area contributed by atoms with Crippen LogP contribution < -0.4 is 10.6 Å². The lowest BCUT2D eigenvalue weighted by Crippen LogP contribution is -2.41. The molecule has 1 aliphatic carbocycles. The van der Waals surface area contributed by atoms with Gasteiger partial charge in [0.2, 0.25) is 0 Å². The second-order valence-electron chi connectivity index (χ2n) is 5.29. The number of carbonyl (C=O) groups excluding carboxylic acids is 1. The molecular weight excluding hydrogens is 275 g/mol. The Labute approximate surface area is 122 Å². The molecule has 1 aromatic carbocycles. The molecule has 3 N–H and O–H groups in total. The van der Waals surface area contributed by atoms with Crippen LogP contribution in [0.4, 0.5) is 9.18 Å². The van der Waals surface area contributed by atoms with Gasteiger partial charge in [0.1, 0.15) is 5.82 Å². The number of nitrogens with one attached hydrogen (secondary N) is 2. The number of amides is 2. The van der Waals surface area contributed by atoms with Crippen molar-refractivity contribution in [2.75, 3.05) is 6.54 Å². The lowest BCUT2D eigenvalue weighted by atomic mass is 10.1. The van der Waals surface area contributed by atoms with Crippen molar-refractivity contribution in [3.05, 3.63) is 35.6 Å². The first-order chi connectivity index (χ1) is 10.1. The lowest BCUT2D eigenvalue weighted by molar-refractivity contribution is -0.141. The van der Waals surface area contributed by atoms with E-state index in [1.807, 2.05) is 0 Å². The molecule has 1 aromatic rings. The van der Waals surface area contributed by atoms with Gasteiger partial charge in [0.15, 0.2) is 0 Å². The Morgan fingerprint density at radius 1 is 1.29 bits per heavy atom. The first-order valence-electron chi connectivity index (χ1n) is 7.07. The van der Waals surface area contributed by atoms with Crippen molar-refractivity contribution in [2.24, 2.45) is 5.92 Å². The third-order valence-corrected chi connectivity index (χ3v) is 3.75. The number of hydrogen-bond donors (Lipinski definition) is 3. The van der Waals surface area contributed by atoms with Crippen molar-refractivity contribution in [2.45, 2.75) is 31.7 Å². The van der Waals surface area contributed by atoms with E-state index in [-0.39, 0.29) is 23.8 Å². The summed E-state index contributed by atoms with van der Waals surface area (Å²) < 4.78 is 13.4. The molecule has 1 fully saturated rings. The molecule has 0 aliphatic heterocycles. The summed E-state index contributed by atoms with van der Waals surface area (Å²) in [6, 6.07) is 6.02. The fourth-order valence-corrected chi connectivity index (χ4v) is 2.59. The largest absolute Gasteiger partial charge is 0.481 e. The Kier molecular flexibility index (Phi) is 5.14. The quantitative estimate of drug-likeness (QED) is 0.776. The summed E-state index contributed by atoms with van der Waals surface area (Å²) in [5.41, 5.74) is 0.560. The van der Waals surface area contributed by atoms with Gasteiger partial charge in [-0.15, -0.1) is 0 Å². The Morgan fingerprint density at radius 3 is 2.71 bits per heavy atom. The van der Waals surface area contributed by atoms with Gasteiger partial charge in [-0.2, -0.15) is 0 Å². The van der Waals surface area contributed by atoms with Gasteiger partial charge < -0.3 is 15.7 Å². The van der Waals surface area contributed by atoms with E-state index >= 15 is 0 Å². The standard InChI is InChI=1S/C15H19FN2O3/c16-13-4-2-1-3-10(13)7-8-17-15(21)18-12-6-5-11(9-12)14(19)20/h1-4,11-12H,5-9H2,(H,19,20)(H2,17,18,21)/t11-,12+/m1/s1. The molecule has 0 unspecified atom stereocenters. The number of carboxylic acids is 1. The maximum absolute atomic E-state index is 13.4. The zero-order chi connectivity index (χ0) is 15.2. The predicted molar refractivity (Wildman–Crippen MR) is 75.4 cm³/mol. The van der Waals surface area contributed by atoms with Crippen molar-refractivity contribution in [3.8, 4) is 0 Å². The molecule has 6 heteroatoms. The molecule has 0 radical (unpaired) electrons. The van der Waals surface area contributed by atoms with Crippen LogP contribution in [0.25, 0.3) is 0 Å². The Hall–Kier alpha value is -2.11. The zero-order valence-electron chi connectivity index (χ0n) is 11.6. The number of halogens is 1. The van der Waals surface area contributed by atoms with Crippen LogP contribution in [0.3, 0.4) is 0 Å². The van der Waals surface area contributed by atoms with Gasteiger partial charge in [-0.05, 0) is 37.3 Å². The third-order valence-electron chi connectivity index (χ3n) is 3.75. The lowest BCUT2D eigenvalue weighted by Gasteiger charge is -2.13. The van der Waals surface area contributed by atoms with Gasteiger partial charge in [0, 0.05) is 12.6 Å². The molecule has 1 aliphatic rings. The number of rotatable bonds is 5. The smallest absolute Gasteiger partial charge is 0.315 e. The Bertz CT molecular complexity index is 521. The van der Waals surface area contributed by atoms with Crippen LogP contribution in [0.5, 0.6) is 0 Å². The molecule has 0 aromatic heterocycles. The van der Waals surface area contributed by atoms with Crippen LogP contribution >= 0.6 is 0 Å². The molecule has 114 valence electrons. The van der Waals surface area contributed by atoms with E-state index < -0.39 is 5.97 Å². The van der Waals surface area contributed by atoms with Crippen LogP contribution in [0, 0.1) is 11.7 Å². The van der Waals surface area contributed by atoms with Crippen molar-refractivity contribution < 1.29 is 19.1 Å². The Morgan fingerprint density at radius 2 is 2.05 bits per heavy atom.